The Bertz CT molecular complexity index is 781. The van der Waals surface area contributed by atoms with Crippen molar-refractivity contribution in [3.05, 3.63) is 40.5 Å². The molecule has 0 saturated heterocycles. The summed E-state index contributed by atoms with van der Waals surface area (Å²) in [5.41, 5.74) is 1.29. The highest BCUT2D eigenvalue weighted by atomic mass is 32.1. The van der Waals surface area contributed by atoms with E-state index < -0.39 is 18.5 Å². The van der Waals surface area contributed by atoms with Crippen molar-refractivity contribution in [1.29, 1.82) is 0 Å². The number of thiophene rings is 1. The zero-order valence-electron chi connectivity index (χ0n) is 15.1. The van der Waals surface area contributed by atoms with Crippen LogP contribution in [0.15, 0.2) is 24.5 Å². The molecule has 0 atom stereocenters. The number of hydrogen-bond donors (Lipinski definition) is 2. The van der Waals surface area contributed by atoms with Crippen LogP contribution < -0.4 is 10.6 Å². The van der Waals surface area contributed by atoms with Gasteiger partial charge in [-0.3, -0.25) is 9.59 Å². The van der Waals surface area contributed by atoms with Gasteiger partial charge in [0.2, 0.25) is 5.91 Å². The minimum atomic E-state index is -0.555. The normalized spacial score (nSPS) is 10.4. The van der Waals surface area contributed by atoms with Gasteiger partial charge in [0.15, 0.2) is 6.61 Å². The first kappa shape index (κ1) is 19.7. The molecule has 8 heteroatoms. The fourth-order valence-electron chi connectivity index (χ4n) is 2.26. The molecule has 0 spiro atoms. The summed E-state index contributed by atoms with van der Waals surface area (Å²) in [5, 5.41) is 5.84. The van der Waals surface area contributed by atoms with E-state index in [0.717, 1.165) is 21.9 Å². The maximum absolute atomic E-state index is 12.5. The van der Waals surface area contributed by atoms with Crippen LogP contribution in [0.5, 0.6) is 0 Å². The average molecular weight is 377 g/mol. The number of nitrogens with one attached hydrogen (secondary N) is 2. The summed E-state index contributed by atoms with van der Waals surface area (Å²) in [6, 6.07) is 3.74. The molecule has 2 heterocycles. The second-order valence-electron chi connectivity index (χ2n) is 5.76. The fraction of sp³-hybridized carbons (Fsp3) is 0.389. The van der Waals surface area contributed by atoms with Gasteiger partial charge in [0.25, 0.3) is 5.91 Å². The van der Waals surface area contributed by atoms with Gasteiger partial charge in [0.05, 0.1) is 12.1 Å². The summed E-state index contributed by atoms with van der Waals surface area (Å²) in [4.78, 5) is 36.7. The Balaban J connectivity index is 1.94. The largest absolute Gasteiger partial charge is 0.452 e. The summed E-state index contributed by atoms with van der Waals surface area (Å²) in [5.74, 6) is -1.34. The van der Waals surface area contributed by atoms with Crippen molar-refractivity contribution in [1.82, 2.24) is 15.2 Å². The minimum Gasteiger partial charge on any atom is -0.452 e. The molecular weight excluding hydrogens is 354 g/mol. The van der Waals surface area contributed by atoms with Crippen molar-refractivity contribution in [3.63, 3.8) is 0 Å². The van der Waals surface area contributed by atoms with Crippen LogP contribution in [0.3, 0.4) is 0 Å². The van der Waals surface area contributed by atoms with Gasteiger partial charge < -0.3 is 19.9 Å². The zero-order chi connectivity index (χ0) is 19.1. The third-order valence-corrected chi connectivity index (χ3v) is 4.98. The quantitative estimate of drug-likeness (QED) is 0.688. The summed E-state index contributed by atoms with van der Waals surface area (Å²) in [6.07, 6.45) is 4.52. The standard InChI is InChI=1S/C18H23N3O4S/c1-4-7-19-14(22)10-20-15(23)11-25-18(24)16-12(2)13(3)26-17(16)21-8-5-6-9-21/h5-6,8-9H,4,7,10-11H2,1-3H3,(H,19,22)(H,20,23). The van der Waals surface area contributed by atoms with Gasteiger partial charge in [-0.2, -0.15) is 0 Å². The van der Waals surface area contributed by atoms with Crippen molar-refractivity contribution in [3.8, 4) is 5.00 Å². The number of carbonyl (C=O) groups is 3. The van der Waals surface area contributed by atoms with Crippen molar-refractivity contribution < 1.29 is 19.1 Å². The monoisotopic (exact) mass is 377 g/mol. The van der Waals surface area contributed by atoms with Crippen LogP contribution >= 0.6 is 11.3 Å². The number of esters is 1. The van der Waals surface area contributed by atoms with E-state index in [9.17, 15) is 14.4 Å². The molecule has 2 amide bonds. The number of nitrogens with zero attached hydrogens (tertiary/aromatic N) is 1. The van der Waals surface area contributed by atoms with E-state index in [0.29, 0.717) is 12.1 Å². The van der Waals surface area contributed by atoms with Crippen molar-refractivity contribution in [2.24, 2.45) is 0 Å². The van der Waals surface area contributed by atoms with E-state index in [-0.39, 0.29) is 12.5 Å². The molecule has 0 saturated carbocycles. The highest BCUT2D eigenvalue weighted by molar-refractivity contribution is 7.15. The molecule has 2 N–H and O–H groups in total. The van der Waals surface area contributed by atoms with Crippen LogP contribution in [0.1, 0.15) is 34.1 Å². The SMILES string of the molecule is CCCNC(=O)CNC(=O)COC(=O)c1c(-n2cccc2)sc(C)c1C. The lowest BCUT2D eigenvalue weighted by atomic mass is 10.1. The first-order chi connectivity index (χ1) is 12.4. The van der Waals surface area contributed by atoms with Crippen LogP contribution in [0.25, 0.3) is 5.00 Å². The van der Waals surface area contributed by atoms with Gasteiger partial charge in [-0.15, -0.1) is 11.3 Å². The average Bonchev–Trinajstić information content (AvgIpc) is 3.25. The number of hydrogen-bond acceptors (Lipinski definition) is 5. The van der Waals surface area contributed by atoms with Crippen LogP contribution in [-0.4, -0.2) is 42.0 Å². The lowest BCUT2D eigenvalue weighted by Gasteiger charge is -2.09. The van der Waals surface area contributed by atoms with E-state index in [1.165, 1.54) is 11.3 Å². The number of ether oxygens (including phenoxy) is 1. The molecular formula is C18H23N3O4S. The Kier molecular flexibility index (Phi) is 6.97. The first-order valence-electron chi connectivity index (χ1n) is 8.37. The van der Waals surface area contributed by atoms with Gasteiger partial charge >= 0.3 is 5.97 Å². The van der Waals surface area contributed by atoms with Crippen LogP contribution in [0.4, 0.5) is 0 Å². The van der Waals surface area contributed by atoms with Gasteiger partial charge in [-0.1, -0.05) is 6.92 Å². The molecule has 0 aliphatic heterocycles. The van der Waals surface area contributed by atoms with Crippen LogP contribution in [0, 0.1) is 13.8 Å². The van der Waals surface area contributed by atoms with Gasteiger partial charge in [-0.05, 0) is 38.0 Å². The summed E-state index contributed by atoms with van der Waals surface area (Å²) < 4.78 is 6.99. The summed E-state index contributed by atoms with van der Waals surface area (Å²) in [7, 11) is 0. The van der Waals surface area contributed by atoms with Crippen LogP contribution in [-0.2, 0) is 14.3 Å². The van der Waals surface area contributed by atoms with E-state index in [1.807, 2.05) is 49.9 Å². The molecule has 0 unspecified atom stereocenters. The van der Waals surface area contributed by atoms with Crippen LogP contribution in [0.2, 0.25) is 0 Å². The predicted octanol–water partition coefficient (Wildman–Crippen LogP) is 1.95. The fourth-order valence-corrected chi connectivity index (χ4v) is 3.37. The van der Waals surface area contributed by atoms with E-state index in [2.05, 4.69) is 10.6 Å². The van der Waals surface area contributed by atoms with Crippen molar-refractivity contribution in [2.75, 3.05) is 19.7 Å². The molecule has 0 aromatic carbocycles. The smallest absolute Gasteiger partial charge is 0.341 e. The molecule has 2 aromatic rings. The van der Waals surface area contributed by atoms with Gasteiger partial charge in [-0.25, -0.2) is 4.79 Å². The molecule has 0 radical (unpaired) electrons. The molecule has 7 nitrogen and oxygen atoms in total. The minimum absolute atomic E-state index is 0.137. The van der Waals surface area contributed by atoms with Gasteiger partial charge in [0, 0.05) is 23.8 Å². The van der Waals surface area contributed by atoms with E-state index in [1.54, 1.807) is 0 Å². The number of aromatic nitrogens is 1. The van der Waals surface area contributed by atoms with Crippen molar-refractivity contribution >= 4 is 29.1 Å². The lowest BCUT2D eigenvalue weighted by Crippen LogP contribution is -2.39. The van der Waals surface area contributed by atoms with E-state index in [4.69, 9.17) is 4.74 Å². The molecule has 0 aliphatic carbocycles. The Morgan fingerprint density at radius 3 is 2.46 bits per heavy atom. The Labute approximate surface area is 156 Å². The highest BCUT2D eigenvalue weighted by Gasteiger charge is 2.22. The number of aryl methyl sites for hydroxylation is 1. The summed E-state index contributed by atoms with van der Waals surface area (Å²) >= 11 is 1.49. The Morgan fingerprint density at radius 1 is 1.12 bits per heavy atom. The maximum atomic E-state index is 12.5. The summed E-state index contributed by atoms with van der Waals surface area (Å²) in [6.45, 7) is 5.72. The highest BCUT2D eigenvalue weighted by Crippen LogP contribution is 2.31. The molecule has 140 valence electrons. The number of amides is 2. The van der Waals surface area contributed by atoms with Crippen molar-refractivity contribution in [2.45, 2.75) is 27.2 Å². The van der Waals surface area contributed by atoms with Gasteiger partial charge in [0.1, 0.15) is 5.00 Å². The molecule has 0 fully saturated rings. The second-order valence-corrected chi connectivity index (χ2v) is 6.96. The number of carbonyl (C=O) groups excluding carboxylic acids is 3. The first-order valence-corrected chi connectivity index (χ1v) is 9.19. The maximum Gasteiger partial charge on any atom is 0.341 e. The molecule has 2 rings (SSSR count). The molecule has 0 bridgehead atoms. The lowest BCUT2D eigenvalue weighted by molar-refractivity contribution is -0.127. The topological polar surface area (TPSA) is 89.4 Å². The molecule has 2 aromatic heterocycles. The van der Waals surface area contributed by atoms with E-state index >= 15 is 0 Å². The predicted molar refractivity (Wildman–Crippen MR) is 99.7 cm³/mol. The third-order valence-electron chi connectivity index (χ3n) is 3.76. The Morgan fingerprint density at radius 2 is 1.81 bits per heavy atom. The molecule has 26 heavy (non-hydrogen) atoms. The number of rotatable bonds is 8. The second kappa shape index (κ2) is 9.19. The Hall–Kier alpha value is -2.61. The zero-order valence-corrected chi connectivity index (χ0v) is 15.9. The third kappa shape index (κ3) is 4.95. The molecule has 0 aliphatic rings.